The number of hydrogen-bond acceptors (Lipinski definition) is 4. The Kier molecular flexibility index (Phi) is 3.37. The third-order valence-electron chi connectivity index (χ3n) is 3.60. The second kappa shape index (κ2) is 3.96. The van der Waals surface area contributed by atoms with Crippen LogP contribution in [0.5, 0.6) is 0 Å². The van der Waals surface area contributed by atoms with Gasteiger partial charge in [-0.1, -0.05) is 6.08 Å². The lowest BCUT2D eigenvalue weighted by atomic mass is 10.2. The van der Waals surface area contributed by atoms with Gasteiger partial charge in [0.05, 0.1) is 4.75 Å². The molecule has 0 bridgehead atoms. The van der Waals surface area contributed by atoms with E-state index in [0.717, 1.165) is 0 Å². The quantitative estimate of drug-likeness (QED) is 0.726. The molecule has 2 aliphatic carbocycles. The number of halogens is 1. The van der Waals surface area contributed by atoms with E-state index in [1.165, 1.54) is 0 Å². The highest BCUT2D eigenvalue weighted by molar-refractivity contribution is 7.91. The molecule has 0 heterocycles. The summed E-state index contributed by atoms with van der Waals surface area (Å²) in [6.07, 6.45) is 3.25. The molecule has 17 heavy (non-hydrogen) atoms. The third kappa shape index (κ3) is 2.21. The Morgan fingerprint density at radius 3 is 2.41 bits per heavy atom. The van der Waals surface area contributed by atoms with Crippen molar-refractivity contribution in [3.05, 3.63) is 12.7 Å². The second-order valence-corrected chi connectivity index (χ2v) is 7.17. The minimum atomic E-state index is -3.57. The summed E-state index contributed by atoms with van der Waals surface area (Å²) in [6, 6.07) is 0. The summed E-state index contributed by atoms with van der Waals surface area (Å²) in [4.78, 5) is 11.7. The minimum Gasteiger partial charge on any atom is -0.317 e. The van der Waals surface area contributed by atoms with Gasteiger partial charge in [0.25, 0.3) is 5.91 Å². The van der Waals surface area contributed by atoms with Crippen LogP contribution in [0.2, 0.25) is 0 Å². The first kappa shape index (κ1) is 14.5. The van der Waals surface area contributed by atoms with E-state index in [-0.39, 0.29) is 18.3 Å². The van der Waals surface area contributed by atoms with Gasteiger partial charge in [-0.2, -0.15) is 0 Å². The topological polar surface area (TPSA) is 89.3 Å². The van der Waals surface area contributed by atoms with Crippen molar-refractivity contribution in [1.82, 2.24) is 4.72 Å². The number of nitrogens with two attached hydrogens (primary N) is 1. The van der Waals surface area contributed by atoms with Gasteiger partial charge in [0.2, 0.25) is 10.0 Å². The Labute approximate surface area is 107 Å². The van der Waals surface area contributed by atoms with Gasteiger partial charge in [0, 0.05) is 5.92 Å². The number of amides is 1. The van der Waals surface area contributed by atoms with E-state index in [1.54, 1.807) is 13.0 Å². The largest absolute Gasteiger partial charge is 0.317 e. The molecule has 5 nitrogen and oxygen atoms in total. The standard InChI is InChI=1S/C10H16N2O3S.ClH/c1-3-7-6-10(7,11)8(13)12-16(14,15)9(2)4-5-9;/h3,7H,1,4-6,11H2,2H3,(H,12,13);1H. The molecule has 2 atom stereocenters. The van der Waals surface area contributed by atoms with Gasteiger partial charge in [-0.25, -0.2) is 8.42 Å². The molecule has 7 heteroatoms. The van der Waals surface area contributed by atoms with E-state index < -0.39 is 26.2 Å². The Bertz CT molecular complexity index is 458. The molecule has 0 spiro atoms. The highest BCUT2D eigenvalue weighted by Gasteiger charge is 2.58. The molecule has 0 saturated heterocycles. The fourth-order valence-corrected chi connectivity index (χ4v) is 2.96. The van der Waals surface area contributed by atoms with Gasteiger partial charge in [-0.05, 0) is 26.2 Å². The van der Waals surface area contributed by atoms with Crippen LogP contribution in [-0.4, -0.2) is 24.6 Å². The lowest BCUT2D eigenvalue weighted by Crippen LogP contribution is -2.49. The van der Waals surface area contributed by atoms with Gasteiger partial charge in [-0.15, -0.1) is 19.0 Å². The van der Waals surface area contributed by atoms with Gasteiger partial charge in [0.15, 0.2) is 0 Å². The van der Waals surface area contributed by atoms with Gasteiger partial charge in [-0.3, -0.25) is 9.52 Å². The molecule has 98 valence electrons. The van der Waals surface area contributed by atoms with Crippen molar-refractivity contribution in [2.75, 3.05) is 0 Å². The lowest BCUT2D eigenvalue weighted by Gasteiger charge is -2.15. The molecule has 0 aliphatic heterocycles. The summed E-state index contributed by atoms with van der Waals surface area (Å²) < 4.78 is 24.9. The van der Waals surface area contributed by atoms with E-state index in [1.807, 2.05) is 0 Å². The summed E-state index contributed by atoms with van der Waals surface area (Å²) in [6.45, 7) is 5.18. The molecular formula is C10H17ClN2O3S. The van der Waals surface area contributed by atoms with Crippen LogP contribution in [0.1, 0.15) is 26.2 Å². The third-order valence-corrected chi connectivity index (χ3v) is 5.76. The molecule has 1 amide bonds. The Morgan fingerprint density at radius 2 is 2.06 bits per heavy atom. The van der Waals surface area contributed by atoms with Crippen LogP contribution >= 0.6 is 12.4 Å². The van der Waals surface area contributed by atoms with Crippen molar-refractivity contribution in [2.45, 2.75) is 36.5 Å². The van der Waals surface area contributed by atoms with Gasteiger partial charge in [0.1, 0.15) is 5.54 Å². The maximum absolute atomic E-state index is 11.8. The Balaban J connectivity index is 0.00000144. The number of carbonyl (C=O) groups excluding carboxylic acids is 1. The summed E-state index contributed by atoms with van der Waals surface area (Å²) in [5.74, 6) is -0.722. The molecule has 2 aliphatic rings. The fraction of sp³-hybridized carbons (Fsp3) is 0.700. The van der Waals surface area contributed by atoms with Crippen LogP contribution in [0.25, 0.3) is 0 Å². The smallest absolute Gasteiger partial charge is 0.254 e. The first-order valence-corrected chi connectivity index (χ1v) is 6.72. The molecule has 0 aromatic rings. The minimum absolute atomic E-state index is 0. The summed E-state index contributed by atoms with van der Waals surface area (Å²) in [7, 11) is -3.57. The van der Waals surface area contributed by atoms with Crippen molar-refractivity contribution >= 4 is 28.3 Å². The van der Waals surface area contributed by atoms with E-state index in [0.29, 0.717) is 19.3 Å². The molecule has 0 radical (unpaired) electrons. The number of hydrogen-bond donors (Lipinski definition) is 2. The maximum Gasteiger partial charge on any atom is 0.254 e. The van der Waals surface area contributed by atoms with Crippen LogP contribution in [-0.2, 0) is 14.8 Å². The number of nitrogens with one attached hydrogen (secondary N) is 1. The zero-order valence-electron chi connectivity index (χ0n) is 9.60. The molecule has 0 aromatic heterocycles. The zero-order valence-corrected chi connectivity index (χ0v) is 11.2. The van der Waals surface area contributed by atoms with Crippen LogP contribution in [0.3, 0.4) is 0 Å². The molecule has 0 aromatic carbocycles. The number of carbonyl (C=O) groups is 1. The van der Waals surface area contributed by atoms with Crippen molar-refractivity contribution in [2.24, 2.45) is 11.7 Å². The highest BCUT2D eigenvalue weighted by atomic mass is 35.5. The number of rotatable bonds is 4. The van der Waals surface area contributed by atoms with Crippen molar-refractivity contribution in [1.29, 1.82) is 0 Å². The molecular weight excluding hydrogens is 264 g/mol. The van der Waals surface area contributed by atoms with Gasteiger partial charge < -0.3 is 5.73 Å². The fourth-order valence-electron chi connectivity index (χ4n) is 1.64. The molecule has 2 saturated carbocycles. The van der Waals surface area contributed by atoms with Crippen molar-refractivity contribution in [3.8, 4) is 0 Å². The first-order chi connectivity index (χ1) is 7.25. The van der Waals surface area contributed by atoms with Crippen LogP contribution in [0.15, 0.2) is 12.7 Å². The molecule has 3 N–H and O–H groups in total. The van der Waals surface area contributed by atoms with E-state index in [4.69, 9.17) is 5.73 Å². The monoisotopic (exact) mass is 280 g/mol. The lowest BCUT2D eigenvalue weighted by molar-refractivity contribution is -0.121. The normalized spacial score (nSPS) is 33.2. The van der Waals surface area contributed by atoms with Crippen molar-refractivity contribution in [3.63, 3.8) is 0 Å². The van der Waals surface area contributed by atoms with E-state index in [9.17, 15) is 13.2 Å². The van der Waals surface area contributed by atoms with Gasteiger partial charge >= 0.3 is 0 Å². The molecule has 2 rings (SSSR count). The SMILES string of the molecule is C=CC1CC1(N)C(=O)NS(=O)(=O)C1(C)CC1.Cl. The average molecular weight is 281 g/mol. The maximum atomic E-state index is 11.8. The molecule has 2 fully saturated rings. The highest BCUT2D eigenvalue weighted by Crippen LogP contribution is 2.45. The zero-order chi connectivity index (χ0) is 12.2. The Hall–Kier alpha value is -0.590. The predicted molar refractivity (Wildman–Crippen MR) is 67.2 cm³/mol. The summed E-state index contributed by atoms with van der Waals surface area (Å²) in [5.41, 5.74) is 4.70. The first-order valence-electron chi connectivity index (χ1n) is 5.23. The number of sulfonamides is 1. The van der Waals surface area contributed by atoms with E-state index in [2.05, 4.69) is 11.3 Å². The van der Waals surface area contributed by atoms with Crippen molar-refractivity contribution < 1.29 is 13.2 Å². The average Bonchev–Trinajstić information content (AvgIpc) is 3.04. The Morgan fingerprint density at radius 1 is 1.53 bits per heavy atom. The van der Waals surface area contributed by atoms with Crippen LogP contribution in [0, 0.1) is 5.92 Å². The second-order valence-electron chi connectivity index (χ2n) is 4.97. The predicted octanol–water partition coefficient (Wildman–Crippen LogP) is 0.310. The van der Waals surface area contributed by atoms with Crippen LogP contribution < -0.4 is 10.5 Å². The summed E-state index contributed by atoms with van der Waals surface area (Å²) in [5, 5.41) is 0. The summed E-state index contributed by atoms with van der Waals surface area (Å²) >= 11 is 0. The van der Waals surface area contributed by atoms with Crippen LogP contribution in [0.4, 0.5) is 0 Å². The molecule has 2 unspecified atom stereocenters. The van der Waals surface area contributed by atoms with E-state index >= 15 is 0 Å².